The predicted octanol–water partition coefficient (Wildman–Crippen LogP) is 2.41. The van der Waals surface area contributed by atoms with Gasteiger partial charge in [0.05, 0.1) is 12.1 Å². The lowest BCUT2D eigenvalue weighted by Gasteiger charge is -2.15. The number of fused-ring (bicyclic) bond motifs is 1. The van der Waals surface area contributed by atoms with E-state index in [2.05, 4.69) is 10.2 Å². The summed E-state index contributed by atoms with van der Waals surface area (Å²) in [6.45, 7) is 0. The van der Waals surface area contributed by atoms with Gasteiger partial charge in [0.1, 0.15) is 4.99 Å². The molecule has 3 heteroatoms. The van der Waals surface area contributed by atoms with Crippen molar-refractivity contribution in [1.82, 2.24) is 0 Å². The van der Waals surface area contributed by atoms with Crippen molar-refractivity contribution in [2.24, 2.45) is 16.1 Å². The molecule has 0 radical (unpaired) electrons. The van der Waals surface area contributed by atoms with Gasteiger partial charge in [-0.1, -0.05) is 36.5 Å². The molecule has 0 bridgehead atoms. The van der Waals surface area contributed by atoms with Crippen LogP contribution >= 0.6 is 12.2 Å². The third-order valence-electron chi connectivity index (χ3n) is 1.69. The van der Waals surface area contributed by atoms with Crippen LogP contribution in [0.4, 0.5) is 0 Å². The molecule has 11 heavy (non-hydrogen) atoms. The van der Waals surface area contributed by atoms with Gasteiger partial charge in [-0.3, -0.25) is 0 Å². The van der Waals surface area contributed by atoms with Crippen LogP contribution in [0.5, 0.6) is 0 Å². The van der Waals surface area contributed by atoms with Gasteiger partial charge in [0.2, 0.25) is 0 Å². The van der Waals surface area contributed by atoms with Crippen LogP contribution < -0.4 is 0 Å². The second-order valence-electron chi connectivity index (χ2n) is 2.40. The lowest BCUT2D eigenvalue weighted by atomic mass is 9.95. The molecule has 0 aromatic rings. The highest BCUT2D eigenvalue weighted by molar-refractivity contribution is 7.80. The number of rotatable bonds is 0. The molecule has 2 nitrogen and oxygen atoms in total. The molecule has 0 N–H and O–H groups in total. The number of thiocarbonyl (C=S) groups is 1. The van der Waals surface area contributed by atoms with Gasteiger partial charge < -0.3 is 0 Å². The Morgan fingerprint density at radius 1 is 1.36 bits per heavy atom. The van der Waals surface area contributed by atoms with Gasteiger partial charge in [-0.05, 0) is 5.57 Å². The first-order chi connectivity index (χ1) is 5.38. The molecule has 0 amide bonds. The Morgan fingerprint density at radius 2 is 2.27 bits per heavy atom. The fourth-order valence-corrected chi connectivity index (χ4v) is 1.38. The van der Waals surface area contributed by atoms with Crippen molar-refractivity contribution in [3.63, 3.8) is 0 Å². The topological polar surface area (TPSA) is 24.7 Å². The molecule has 1 heterocycles. The van der Waals surface area contributed by atoms with E-state index >= 15 is 0 Å². The number of hydrogen-bond acceptors (Lipinski definition) is 2. The Bertz CT molecular complexity index is 310. The van der Waals surface area contributed by atoms with Crippen molar-refractivity contribution >= 4 is 17.2 Å². The first kappa shape index (κ1) is 6.61. The van der Waals surface area contributed by atoms with Gasteiger partial charge in [-0.25, -0.2) is 0 Å². The largest absolute Gasteiger partial charge is 0.158 e. The van der Waals surface area contributed by atoms with E-state index in [9.17, 15) is 0 Å². The predicted molar refractivity (Wildman–Crippen MR) is 47.3 cm³/mol. The minimum absolute atomic E-state index is 0.188. The molecular weight excluding hydrogens is 156 g/mol. The van der Waals surface area contributed by atoms with Gasteiger partial charge in [0.25, 0.3) is 0 Å². The van der Waals surface area contributed by atoms with Gasteiger partial charge in [-0.15, -0.1) is 5.11 Å². The van der Waals surface area contributed by atoms with Crippen LogP contribution in [0.25, 0.3) is 0 Å². The van der Waals surface area contributed by atoms with Crippen LogP contribution in [0, 0.1) is 5.92 Å². The summed E-state index contributed by atoms with van der Waals surface area (Å²) < 4.78 is 0. The summed E-state index contributed by atoms with van der Waals surface area (Å²) in [5.41, 5.74) is 1.13. The maximum Gasteiger partial charge on any atom is 0.137 e. The minimum Gasteiger partial charge on any atom is -0.158 e. The molecule has 1 aliphatic carbocycles. The molecule has 0 spiro atoms. The fraction of sp³-hybridized carbons (Fsp3) is 0.125. The molecule has 1 aliphatic heterocycles. The highest BCUT2D eigenvalue weighted by Crippen LogP contribution is 2.24. The van der Waals surface area contributed by atoms with Crippen LogP contribution in [0.2, 0.25) is 0 Å². The molecule has 2 aliphatic rings. The molecule has 0 saturated heterocycles. The third kappa shape index (κ3) is 1.07. The van der Waals surface area contributed by atoms with Gasteiger partial charge in [-0.2, -0.15) is 5.11 Å². The Balaban J connectivity index is 2.43. The number of nitrogens with zero attached hydrogens (tertiary/aromatic N) is 2. The van der Waals surface area contributed by atoms with Gasteiger partial charge >= 0.3 is 0 Å². The van der Waals surface area contributed by atoms with Crippen LogP contribution in [0.3, 0.4) is 0 Å². The van der Waals surface area contributed by atoms with E-state index in [1.165, 1.54) is 0 Å². The minimum atomic E-state index is 0.188. The fourth-order valence-electron chi connectivity index (χ4n) is 1.12. The molecule has 0 fully saturated rings. The molecule has 1 atom stereocenters. The van der Waals surface area contributed by atoms with E-state index < -0.39 is 0 Å². The Kier molecular flexibility index (Phi) is 1.51. The van der Waals surface area contributed by atoms with E-state index in [0.29, 0.717) is 4.99 Å². The Labute approximate surface area is 70.0 Å². The smallest absolute Gasteiger partial charge is 0.137 e. The van der Waals surface area contributed by atoms with Crippen LogP contribution in [0.1, 0.15) is 0 Å². The van der Waals surface area contributed by atoms with Crippen molar-refractivity contribution in [3.8, 4) is 0 Å². The molecule has 54 valence electrons. The number of azo groups is 1. The first-order valence-electron chi connectivity index (χ1n) is 3.37. The summed E-state index contributed by atoms with van der Waals surface area (Å²) in [7, 11) is 0. The average Bonchev–Trinajstić information content (AvgIpc) is 2.06. The molecule has 0 aromatic heterocycles. The molecule has 0 saturated carbocycles. The lowest BCUT2D eigenvalue weighted by molar-refractivity contribution is 0.987. The zero-order valence-electron chi connectivity index (χ0n) is 5.77. The third-order valence-corrected chi connectivity index (χ3v) is 2.03. The van der Waals surface area contributed by atoms with Gasteiger partial charge in [0.15, 0.2) is 0 Å². The van der Waals surface area contributed by atoms with Crippen molar-refractivity contribution in [2.75, 3.05) is 0 Å². The van der Waals surface area contributed by atoms with Crippen molar-refractivity contribution in [3.05, 3.63) is 36.1 Å². The molecule has 0 aromatic carbocycles. The summed E-state index contributed by atoms with van der Waals surface area (Å²) in [4.78, 5) is 0.656. The number of hydrogen-bond donors (Lipinski definition) is 0. The maximum absolute atomic E-state index is 5.02. The van der Waals surface area contributed by atoms with Crippen molar-refractivity contribution in [1.29, 1.82) is 0 Å². The Morgan fingerprint density at radius 3 is 3.09 bits per heavy atom. The van der Waals surface area contributed by atoms with Gasteiger partial charge in [0, 0.05) is 0 Å². The second-order valence-corrected chi connectivity index (χ2v) is 2.82. The lowest BCUT2D eigenvalue weighted by Crippen LogP contribution is -2.12. The molecular formula is C8H6N2S. The quantitative estimate of drug-likeness (QED) is 0.502. The normalized spacial score (nSPS) is 26.7. The van der Waals surface area contributed by atoms with E-state index in [1.807, 2.05) is 24.3 Å². The zero-order valence-corrected chi connectivity index (χ0v) is 6.58. The van der Waals surface area contributed by atoms with Crippen molar-refractivity contribution in [2.45, 2.75) is 0 Å². The van der Waals surface area contributed by atoms with E-state index in [4.69, 9.17) is 12.2 Å². The summed E-state index contributed by atoms with van der Waals surface area (Å²) in [5.74, 6) is 0.188. The highest BCUT2D eigenvalue weighted by Gasteiger charge is 2.18. The first-order valence-corrected chi connectivity index (χ1v) is 3.78. The molecule has 2 rings (SSSR count). The van der Waals surface area contributed by atoms with E-state index in [0.717, 1.165) is 5.57 Å². The van der Waals surface area contributed by atoms with Crippen LogP contribution in [-0.2, 0) is 0 Å². The summed E-state index contributed by atoms with van der Waals surface area (Å²) in [6.07, 6.45) is 9.75. The standard InChI is InChI=1S/C8H6N2S/c11-8-7-4-2-1-3-6(7)5-9-10-8/h1-5,7H. The molecule has 1 unspecified atom stereocenters. The highest BCUT2D eigenvalue weighted by atomic mass is 32.1. The van der Waals surface area contributed by atoms with Crippen LogP contribution in [0.15, 0.2) is 46.3 Å². The monoisotopic (exact) mass is 162 g/mol. The van der Waals surface area contributed by atoms with E-state index in [1.54, 1.807) is 6.20 Å². The van der Waals surface area contributed by atoms with Crippen LogP contribution in [-0.4, -0.2) is 4.99 Å². The summed E-state index contributed by atoms with van der Waals surface area (Å²) in [6, 6.07) is 0. The van der Waals surface area contributed by atoms with E-state index in [-0.39, 0.29) is 5.92 Å². The number of allylic oxidation sites excluding steroid dienone is 3. The average molecular weight is 162 g/mol. The zero-order chi connectivity index (χ0) is 7.68. The SMILES string of the molecule is S=C1N=NC=C2C=CC=CC12. The Hall–Kier alpha value is -1.09. The maximum atomic E-state index is 5.02. The summed E-state index contributed by atoms with van der Waals surface area (Å²) in [5, 5.41) is 7.59. The summed E-state index contributed by atoms with van der Waals surface area (Å²) >= 11 is 5.02. The van der Waals surface area contributed by atoms with Crippen molar-refractivity contribution < 1.29 is 0 Å². The second kappa shape index (κ2) is 2.51.